The van der Waals surface area contributed by atoms with Crippen LogP contribution in [-0.4, -0.2) is 35.9 Å². The van der Waals surface area contributed by atoms with Gasteiger partial charge in [0.2, 0.25) is 0 Å². The Hall–Kier alpha value is -2.82. The molecule has 0 aliphatic heterocycles. The Balaban J connectivity index is 1.79. The fraction of sp³-hybridized carbons (Fsp3) is 0.440. The van der Waals surface area contributed by atoms with E-state index >= 15 is 0 Å². The van der Waals surface area contributed by atoms with E-state index in [-0.39, 0.29) is 5.97 Å². The molecule has 0 bridgehead atoms. The summed E-state index contributed by atoms with van der Waals surface area (Å²) in [5.74, 6) is -0.167. The fourth-order valence-electron chi connectivity index (χ4n) is 4.69. The summed E-state index contributed by atoms with van der Waals surface area (Å²) in [5, 5.41) is 5.54. The SMILES string of the molecule is COC(=O)CCc1cc(-c2ccc3c(cnn3C)c2)c(N(C)C2CCCC2)cc1C. The second kappa shape index (κ2) is 8.50. The third-order valence-electron chi connectivity index (χ3n) is 6.59. The molecular formula is C25H31N3O2. The Labute approximate surface area is 178 Å². The van der Waals surface area contributed by atoms with E-state index in [9.17, 15) is 4.79 Å². The summed E-state index contributed by atoms with van der Waals surface area (Å²) in [4.78, 5) is 14.2. The van der Waals surface area contributed by atoms with Crippen molar-refractivity contribution in [3.63, 3.8) is 0 Å². The van der Waals surface area contributed by atoms with E-state index in [1.165, 1.54) is 60.7 Å². The maximum atomic E-state index is 11.7. The van der Waals surface area contributed by atoms with Crippen LogP contribution in [-0.2, 0) is 23.0 Å². The van der Waals surface area contributed by atoms with Crippen molar-refractivity contribution in [1.82, 2.24) is 9.78 Å². The standard InChI is InChI=1S/C25H31N3O2/c1-17-13-24(27(2)21-7-5-6-8-21)22(15-18(17)10-12-25(29)30-4)19-9-11-23-20(14-19)16-26-28(23)3/h9,11,13-16,21H,5-8,10,12H2,1-4H3. The molecule has 5 heteroatoms. The van der Waals surface area contributed by atoms with Gasteiger partial charge in [-0.3, -0.25) is 9.48 Å². The molecule has 1 aliphatic carbocycles. The van der Waals surface area contributed by atoms with Crippen molar-refractivity contribution in [1.29, 1.82) is 0 Å². The lowest BCUT2D eigenvalue weighted by Gasteiger charge is -2.30. The highest BCUT2D eigenvalue weighted by Gasteiger charge is 2.23. The van der Waals surface area contributed by atoms with E-state index in [0.717, 1.165) is 10.9 Å². The van der Waals surface area contributed by atoms with E-state index < -0.39 is 0 Å². The lowest BCUT2D eigenvalue weighted by atomic mass is 9.93. The summed E-state index contributed by atoms with van der Waals surface area (Å²) >= 11 is 0. The van der Waals surface area contributed by atoms with Crippen LogP contribution in [0.15, 0.2) is 36.5 Å². The number of fused-ring (bicyclic) bond motifs is 1. The average Bonchev–Trinajstić information content (AvgIpc) is 3.42. The van der Waals surface area contributed by atoms with Crippen LogP contribution in [0.5, 0.6) is 0 Å². The van der Waals surface area contributed by atoms with Crippen LogP contribution in [0.2, 0.25) is 0 Å². The van der Waals surface area contributed by atoms with Crippen molar-refractivity contribution in [3.8, 4) is 11.1 Å². The molecular weight excluding hydrogens is 374 g/mol. The Kier molecular flexibility index (Phi) is 5.80. The number of aromatic nitrogens is 2. The van der Waals surface area contributed by atoms with Crippen LogP contribution in [0.1, 0.15) is 43.2 Å². The number of carbonyl (C=O) groups excluding carboxylic acids is 1. The second-order valence-corrected chi connectivity index (χ2v) is 8.46. The van der Waals surface area contributed by atoms with Gasteiger partial charge in [0.1, 0.15) is 0 Å². The highest BCUT2D eigenvalue weighted by atomic mass is 16.5. The second-order valence-electron chi connectivity index (χ2n) is 8.46. The van der Waals surface area contributed by atoms with Gasteiger partial charge in [-0.05, 0) is 67.1 Å². The number of nitrogens with zero attached hydrogens (tertiary/aromatic N) is 3. The summed E-state index contributed by atoms with van der Waals surface area (Å²) in [5.41, 5.74) is 7.23. The maximum Gasteiger partial charge on any atom is 0.305 e. The summed E-state index contributed by atoms with van der Waals surface area (Å²) in [6.45, 7) is 2.15. The van der Waals surface area contributed by atoms with Crippen LogP contribution in [0.25, 0.3) is 22.0 Å². The first-order chi connectivity index (χ1) is 14.5. The minimum absolute atomic E-state index is 0.167. The molecule has 0 saturated heterocycles. The molecule has 2 aromatic carbocycles. The molecule has 0 amide bonds. The van der Waals surface area contributed by atoms with Gasteiger partial charge in [0.05, 0.1) is 18.8 Å². The minimum Gasteiger partial charge on any atom is -0.469 e. The largest absolute Gasteiger partial charge is 0.469 e. The summed E-state index contributed by atoms with van der Waals surface area (Å²) in [7, 11) is 5.65. The molecule has 3 aromatic rings. The predicted octanol–water partition coefficient (Wildman–Crippen LogP) is 5.03. The molecule has 0 N–H and O–H groups in total. The van der Waals surface area contributed by atoms with Crippen LogP contribution in [0.4, 0.5) is 5.69 Å². The van der Waals surface area contributed by atoms with Gasteiger partial charge < -0.3 is 9.64 Å². The molecule has 1 aliphatic rings. The lowest BCUT2D eigenvalue weighted by molar-refractivity contribution is -0.140. The Bertz CT molecular complexity index is 1060. The number of aryl methyl sites for hydroxylation is 3. The van der Waals surface area contributed by atoms with Crippen molar-refractivity contribution in [2.45, 2.75) is 51.5 Å². The minimum atomic E-state index is -0.167. The van der Waals surface area contributed by atoms with Crippen molar-refractivity contribution >= 4 is 22.6 Å². The number of hydrogen-bond donors (Lipinski definition) is 0. The molecule has 1 heterocycles. The van der Waals surface area contributed by atoms with Crippen LogP contribution in [0, 0.1) is 6.92 Å². The monoisotopic (exact) mass is 405 g/mol. The average molecular weight is 406 g/mol. The molecule has 30 heavy (non-hydrogen) atoms. The van der Waals surface area contributed by atoms with Crippen LogP contribution in [0.3, 0.4) is 0 Å². The smallest absolute Gasteiger partial charge is 0.305 e. The zero-order valence-electron chi connectivity index (χ0n) is 18.4. The van der Waals surface area contributed by atoms with E-state index in [4.69, 9.17) is 4.74 Å². The first-order valence-corrected chi connectivity index (χ1v) is 10.8. The Morgan fingerprint density at radius 1 is 1.23 bits per heavy atom. The number of hydrogen-bond acceptors (Lipinski definition) is 4. The number of ether oxygens (including phenoxy) is 1. The van der Waals surface area contributed by atoms with Gasteiger partial charge in [0.25, 0.3) is 0 Å². The maximum absolute atomic E-state index is 11.7. The number of benzene rings is 2. The highest BCUT2D eigenvalue weighted by molar-refractivity contribution is 5.88. The lowest BCUT2D eigenvalue weighted by Crippen LogP contribution is -2.29. The van der Waals surface area contributed by atoms with Gasteiger partial charge in [-0.1, -0.05) is 18.9 Å². The van der Waals surface area contributed by atoms with Crippen molar-refractivity contribution < 1.29 is 9.53 Å². The van der Waals surface area contributed by atoms with E-state index in [1.54, 1.807) is 0 Å². The topological polar surface area (TPSA) is 47.4 Å². The molecule has 4 rings (SSSR count). The molecule has 158 valence electrons. The van der Waals surface area contributed by atoms with Crippen LogP contribution < -0.4 is 4.90 Å². The van der Waals surface area contributed by atoms with Crippen molar-refractivity contribution in [3.05, 3.63) is 47.7 Å². The Morgan fingerprint density at radius 3 is 2.73 bits per heavy atom. The highest BCUT2D eigenvalue weighted by Crippen LogP contribution is 2.38. The number of anilines is 1. The van der Waals surface area contributed by atoms with E-state index in [2.05, 4.69) is 54.3 Å². The number of carbonyl (C=O) groups is 1. The van der Waals surface area contributed by atoms with Gasteiger partial charge in [0.15, 0.2) is 0 Å². The third-order valence-corrected chi connectivity index (χ3v) is 6.59. The summed E-state index contributed by atoms with van der Waals surface area (Å²) < 4.78 is 6.75. The zero-order chi connectivity index (χ0) is 21.3. The molecule has 5 nitrogen and oxygen atoms in total. The summed E-state index contributed by atoms with van der Waals surface area (Å²) in [6, 6.07) is 11.7. The summed E-state index contributed by atoms with van der Waals surface area (Å²) in [6.07, 6.45) is 8.13. The van der Waals surface area contributed by atoms with E-state index in [1.807, 2.05) is 17.9 Å². The number of methoxy groups -OCH3 is 1. The molecule has 0 atom stereocenters. The Morgan fingerprint density at radius 2 is 2.00 bits per heavy atom. The van der Waals surface area contributed by atoms with Crippen LogP contribution >= 0.6 is 0 Å². The predicted molar refractivity (Wildman–Crippen MR) is 122 cm³/mol. The molecule has 0 unspecified atom stereocenters. The molecule has 1 fully saturated rings. The number of rotatable bonds is 6. The molecule has 0 radical (unpaired) electrons. The zero-order valence-corrected chi connectivity index (χ0v) is 18.4. The first kappa shape index (κ1) is 20.5. The van der Waals surface area contributed by atoms with Gasteiger partial charge in [-0.15, -0.1) is 0 Å². The molecule has 1 aromatic heterocycles. The van der Waals surface area contributed by atoms with Crippen molar-refractivity contribution in [2.75, 3.05) is 19.1 Å². The van der Waals surface area contributed by atoms with E-state index in [0.29, 0.717) is 18.9 Å². The third kappa shape index (κ3) is 3.93. The van der Waals surface area contributed by atoms with Crippen molar-refractivity contribution in [2.24, 2.45) is 7.05 Å². The first-order valence-electron chi connectivity index (χ1n) is 10.8. The molecule has 1 saturated carbocycles. The number of esters is 1. The quantitative estimate of drug-likeness (QED) is 0.540. The van der Waals surface area contributed by atoms with Gasteiger partial charge in [-0.2, -0.15) is 5.10 Å². The van der Waals surface area contributed by atoms with Gasteiger partial charge >= 0.3 is 5.97 Å². The van der Waals surface area contributed by atoms with Gasteiger partial charge in [0, 0.05) is 43.2 Å². The van der Waals surface area contributed by atoms with Gasteiger partial charge in [-0.25, -0.2) is 0 Å². The fourth-order valence-corrected chi connectivity index (χ4v) is 4.69. The normalized spacial score (nSPS) is 14.4. The molecule has 0 spiro atoms.